The minimum absolute atomic E-state index is 0.0332. The van der Waals surface area contributed by atoms with Crippen LogP contribution < -0.4 is 10.1 Å². The quantitative estimate of drug-likeness (QED) is 0.463. The maximum absolute atomic E-state index is 12.2. The van der Waals surface area contributed by atoms with Gasteiger partial charge in [-0.1, -0.05) is 0 Å². The van der Waals surface area contributed by atoms with Gasteiger partial charge in [0.1, 0.15) is 5.75 Å². The van der Waals surface area contributed by atoms with Crippen LogP contribution in [0.2, 0.25) is 0 Å². The Balaban J connectivity index is 1.92. The molecule has 0 unspecified atom stereocenters. The van der Waals surface area contributed by atoms with Crippen LogP contribution >= 0.6 is 11.8 Å². The zero-order chi connectivity index (χ0) is 17.5. The lowest BCUT2D eigenvalue weighted by molar-refractivity contribution is -0.384. The Morgan fingerprint density at radius 3 is 2.38 bits per heavy atom. The van der Waals surface area contributed by atoms with Crippen LogP contribution in [0.4, 0.5) is 11.4 Å². The number of nitro groups is 1. The number of hydrogen-bond donors (Lipinski definition) is 1. The Morgan fingerprint density at radius 1 is 1.21 bits per heavy atom. The molecule has 6 nitrogen and oxygen atoms in total. The molecule has 0 aliphatic heterocycles. The average Bonchev–Trinajstić information content (AvgIpc) is 2.57. The molecule has 1 amide bonds. The second-order valence-corrected chi connectivity index (χ2v) is 6.37. The molecule has 1 atom stereocenters. The number of carbonyl (C=O) groups is 1. The van der Waals surface area contributed by atoms with Crippen LogP contribution in [0.1, 0.15) is 13.8 Å². The molecule has 1 N–H and O–H groups in total. The standard InChI is InChI=1S/C17H18N2O4S/c1-3-23-15-8-4-13(5-9-15)18-17(20)12(2)24-16-10-6-14(7-11-16)19(21)22/h4-12H,3H2,1-2H3,(H,18,20)/t12-/m0/s1. The van der Waals surface area contributed by atoms with Gasteiger partial charge in [-0.2, -0.15) is 0 Å². The fourth-order valence-corrected chi connectivity index (χ4v) is 2.82. The molecule has 0 saturated heterocycles. The van der Waals surface area contributed by atoms with E-state index >= 15 is 0 Å². The smallest absolute Gasteiger partial charge is 0.269 e. The van der Waals surface area contributed by atoms with Crippen LogP contribution in [-0.4, -0.2) is 22.7 Å². The highest BCUT2D eigenvalue weighted by molar-refractivity contribution is 8.00. The molecule has 2 aromatic rings. The number of carbonyl (C=O) groups excluding carboxylic acids is 1. The first-order valence-corrected chi connectivity index (χ1v) is 8.32. The lowest BCUT2D eigenvalue weighted by Gasteiger charge is -2.12. The van der Waals surface area contributed by atoms with E-state index in [0.717, 1.165) is 10.6 Å². The van der Waals surface area contributed by atoms with E-state index in [9.17, 15) is 14.9 Å². The summed E-state index contributed by atoms with van der Waals surface area (Å²) in [6.45, 7) is 4.29. The Hall–Kier alpha value is -2.54. The number of rotatable bonds is 7. The zero-order valence-electron chi connectivity index (χ0n) is 13.4. The third kappa shape index (κ3) is 4.99. The third-order valence-corrected chi connectivity index (χ3v) is 4.27. The van der Waals surface area contributed by atoms with Gasteiger partial charge in [-0.15, -0.1) is 11.8 Å². The molecule has 0 aliphatic carbocycles. The molecule has 0 spiro atoms. The summed E-state index contributed by atoms with van der Waals surface area (Å²) in [5.74, 6) is 0.617. The molecule has 0 aromatic heterocycles. The summed E-state index contributed by atoms with van der Waals surface area (Å²) >= 11 is 1.34. The number of nitrogens with zero attached hydrogens (tertiary/aromatic N) is 1. The summed E-state index contributed by atoms with van der Waals surface area (Å²) in [5, 5.41) is 13.1. The number of amides is 1. The first-order valence-electron chi connectivity index (χ1n) is 7.44. The van der Waals surface area contributed by atoms with Crippen molar-refractivity contribution in [1.29, 1.82) is 0 Å². The van der Waals surface area contributed by atoms with E-state index in [1.54, 1.807) is 43.3 Å². The predicted octanol–water partition coefficient (Wildman–Crippen LogP) is 4.11. The van der Waals surface area contributed by atoms with Crippen molar-refractivity contribution >= 4 is 29.0 Å². The van der Waals surface area contributed by atoms with Gasteiger partial charge >= 0.3 is 0 Å². The molecule has 0 fully saturated rings. The van der Waals surface area contributed by atoms with Gasteiger partial charge < -0.3 is 10.1 Å². The number of anilines is 1. The Kier molecular flexibility index (Phi) is 6.20. The summed E-state index contributed by atoms with van der Waals surface area (Å²) in [6, 6.07) is 13.3. The summed E-state index contributed by atoms with van der Waals surface area (Å²) in [4.78, 5) is 23.2. The van der Waals surface area contributed by atoms with Gasteiger partial charge in [0, 0.05) is 22.7 Å². The first-order chi connectivity index (χ1) is 11.5. The van der Waals surface area contributed by atoms with Crippen molar-refractivity contribution in [2.45, 2.75) is 24.0 Å². The molecule has 126 valence electrons. The van der Waals surface area contributed by atoms with E-state index in [4.69, 9.17) is 4.74 Å². The number of thioether (sulfide) groups is 1. The summed E-state index contributed by atoms with van der Waals surface area (Å²) in [5.41, 5.74) is 0.727. The van der Waals surface area contributed by atoms with E-state index < -0.39 is 4.92 Å². The monoisotopic (exact) mass is 346 g/mol. The van der Waals surface area contributed by atoms with Crippen molar-refractivity contribution in [2.24, 2.45) is 0 Å². The third-order valence-electron chi connectivity index (χ3n) is 3.16. The number of non-ortho nitro benzene ring substituents is 1. The van der Waals surface area contributed by atoms with Crippen LogP contribution in [-0.2, 0) is 4.79 Å². The maximum Gasteiger partial charge on any atom is 0.269 e. The second kappa shape index (κ2) is 8.35. The Labute approximate surface area is 144 Å². The van der Waals surface area contributed by atoms with Crippen LogP contribution in [0, 0.1) is 10.1 Å². The van der Waals surface area contributed by atoms with E-state index in [0.29, 0.717) is 12.3 Å². The molecule has 2 aromatic carbocycles. The molecule has 24 heavy (non-hydrogen) atoms. The van der Waals surface area contributed by atoms with Crippen molar-refractivity contribution in [3.05, 3.63) is 58.6 Å². The minimum Gasteiger partial charge on any atom is -0.494 e. The Bertz CT molecular complexity index is 702. The number of nitro benzene ring substituents is 1. The van der Waals surface area contributed by atoms with Gasteiger partial charge in [0.2, 0.25) is 5.91 Å². The molecule has 0 radical (unpaired) electrons. The van der Waals surface area contributed by atoms with Crippen molar-refractivity contribution in [3.63, 3.8) is 0 Å². The minimum atomic E-state index is -0.448. The molecular weight excluding hydrogens is 328 g/mol. The molecule has 0 heterocycles. The Morgan fingerprint density at radius 2 is 1.83 bits per heavy atom. The van der Waals surface area contributed by atoms with E-state index in [2.05, 4.69) is 5.32 Å². The highest BCUT2D eigenvalue weighted by Gasteiger charge is 2.15. The predicted molar refractivity (Wildman–Crippen MR) is 94.7 cm³/mol. The largest absolute Gasteiger partial charge is 0.494 e. The van der Waals surface area contributed by atoms with Crippen molar-refractivity contribution < 1.29 is 14.5 Å². The molecular formula is C17H18N2O4S. The number of nitrogens with one attached hydrogen (secondary N) is 1. The fourth-order valence-electron chi connectivity index (χ4n) is 1.95. The van der Waals surface area contributed by atoms with Gasteiger partial charge in [0.25, 0.3) is 5.69 Å². The van der Waals surface area contributed by atoms with Gasteiger partial charge in [-0.25, -0.2) is 0 Å². The van der Waals surface area contributed by atoms with E-state index in [-0.39, 0.29) is 16.8 Å². The highest BCUT2D eigenvalue weighted by atomic mass is 32.2. The number of hydrogen-bond acceptors (Lipinski definition) is 5. The lowest BCUT2D eigenvalue weighted by atomic mass is 10.3. The molecule has 0 saturated carbocycles. The second-order valence-electron chi connectivity index (χ2n) is 4.96. The van der Waals surface area contributed by atoms with Crippen molar-refractivity contribution in [2.75, 3.05) is 11.9 Å². The summed E-state index contributed by atoms with van der Waals surface area (Å²) < 4.78 is 5.35. The summed E-state index contributed by atoms with van der Waals surface area (Å²) in [6.07, 6.45) is 0. The van der Waals surface area contributed by atoms with E-state index in [1.165, 1.54) is 23.9 Å². The topological polar surface area (TPSA) is 81.5 Å². The van der Waals surface area contributed by atoms with Gasteiger partial charge in [0.15, 0.2) is 0 Å². The van der Waals surface area contributed by atoms with Crippen molar-refractivity contribution in [3.8, 4) is 5.75 Å². The molecule has 2 rings (SSSR count). The van der Waals surface area contributed by atoms with Crippen LogP contribution in [0.5, 0.6) is 5.75 Å². The van der Waals surface area contributed by atoms with Gasteiger partial charge in [0.05, 0.1) is 16.8 Å². The summed E-state index contributed by atoms with van der Waals surface area (Å²) in [7, 11) is 0. The molecule has 7 heteroatoms. The fraction of sp³-hybridized carbons (Fsp3) is 0.235. The van der Waals surface area contributed by atoms with Gasteiger partial charge in [-0.3, -0.25) is 14.9 Å². The number of ether oxygens (including phenoxy) is 1. The normalized spacial score (nSPS) is 11.6. The highest BCUT2D eigenvalue weighted by Crippen LogP contribution is 2.26. The average molecular weight is 346 g/mol. The SMILES string of the molecule is CCOc1ccc(NC(=O)[C@H](C)Sc2ccc([N+](=O)[O-])cc2)cc1. The zero-order valence-corrected chi connectivity index (χ0v) is 14.2. The van der Waals surface area contributed by atoms with E-state index in [1.807, 2.05) is 6.92 Å². The van der Waals surface area contributed by atoms with Crippen LogP contribution in [0.3, 0.4) is 0 Å². The molecule has 0 bridgehead atoms. The number of benzene rings is 2. The lowest BCUT2D eigenvalue weighted by Crippen LogP contribution is -2.22. The first kappa shape index (κ1) is 17.8. The van der Waals surface area contributed by atoms with Crippen LogP contribution in [0.25, 0.3) is 0 Å². The molecule has 0 aliphatic rings. The maximum atomic E-state index is 12.2. The van der Waals surface area contributed by atoms with Crippen molar-refractivity contribution in [1.82, 2.24) is 0 Å². The van der Waals surface area contributed by atoms with Gasteiger partial charge in [-0.05, 0) is 50.2 Å². The van der Waals surface area contributed by atoms with Crippen LogP contribution in [0.15, 0.2) is 53.4 Å².